The van der Waals surface area contributed by atoms with Crippen LogP contribution in [0.2, 0.25) is 0 Å². The number of carbonyl (C=O) groups is 1. The summed E-state index contributed by atoms with van der Waals surface area (Å²) < 4.78 is 15.4. The summed E-state index contributed by atoms with van der Waals surface area (Å²) in [5.74, 6) is 1.01. The van der Waals surface area contributed by atoms with E-state index < -0.39 is 0 Å². The maximum Gasteiger partial charge on any atom is 0.258 e. The number of hydrogen-bond donors (Lipinski definition) is 2. The molecular formula is C13H20N2O4. The molecule has 1 aromatic rings. The normalized spacial score (nSPS) is 10.1. The van der Waals surface area contributed by atoms with Crippen LogP contribution in [-0.2, 0) is 16.1 Å². The number of ether oxygens (including phenoxy) is 3. The summed E-state index contributed by atoms with van der Waals surface area (Å²) in [6.07, 6.45) is 0. The molecule has 0 atom stereocenters. The van der Waals surface area contributed by atoms with Gasteiger partial charge in [-0.25, -0.2) is 0 Å². The molecule has 1 aromatic carbocycles. The minimum Gasteiger partial charge on any atom is -0.497 e. The van der Waals surface area contributed by atoms with Crippen molar-refractivity contribution in [3.8, 4) is 11.5 Å². The maximum absolute atomic E-state index is 11.5. The zero-order valence-electron chi connectivity index (χ0n) is 11.3. The Kier molecular flexibility index (Phi) is 6.70. The van der Waals surface area contributed by atoms with Crippen LogP contribution < -0.4 is 20.5 Å². The van der Waals surface area contributed by atoms with Gasteiger partial charge in [0.05, 0.1) is 13.7 Å². The Morgan fingerprint density at radius 1 is 1.26 bits per heavy atom. The van der Waals surface area contributed by atoms with E-state index in [0.717, 1.165) is 5.56 Å². The average Bonchev–Trinajstić information content (AvgIpc) is 2.45. The van der Waals surface area contributed by atoms with Gasteiger partial charge in [0, 0.05) is 26.3 Å². The molecule has 0 heterocycles. The van der Waals surface area contributed by atoms with E-state index in [-0.39, 0.29) is 12.5 Å². The van der Waals surface area contributed by atoms with Crippen LogP contribution in [0.1, 0.15) is 5.56 Å². The van der Waals surface area contributed by atoms with Gasteiger partial charge in [-0.15, -0.1) is 0 Å². The summed E-state index contributed by atoms with van der Waals surface area (Å²) in [6, 6.07) is 5.32. The van der Waals surface area contributed by atoms with Crippen LogP contribution in [0, 0.1) is 0 Å². The molecule has 0 fully saturated rings. The van der Waals surface area contributed by atoms with Crippen LogP contribution in [0.25, 0.3) is 0 Å². The van der Waals surface area contributed by atoms with Crippen molar-refractivity contribution >= 4 is 5.91 Å². The Balaban J connectivity index is 2.50. The van der Waals surface area contributed by atoms with Crippen molar-refractivity contribution in [2.75, 3.05) is 34.0 Å². The molecule has 0 bridgehead atoms. The molecule has 6 heteroatoms. The molecule has 1 amide bonds. The molecule has 0 saturated carbocycles. The Morgan fingerprint density at radius 2 is 2.00 bits per heavy atom. The van der Waals surface area contributed by atoms with Crippen molar-refractivity contribution in [2.45, 2.75) is 6.54 Å². The molecule has 0 aromatic heterocycles. The van der Waals surface area contributed by atoms with Crippen LogP contribution in [0.5, 0.6) is 11.5 Å². The molecule has 0 unspecified atom stereocenters. The van der Waals surface area contributed by atoms with E-state index in [2.05, 4.69) is 5.32 Å². The molecule has 6 nitrogen and oxygen atoms in total. The van der Waals surface area contributed by atoms with Crippen molar-refractivity contribution < 1.29 is 19.0 Å². The first-order chi connectivity index (χ1) is 9.19. The summed E-state index contributed by atoms with van der Waals surface area (Å²) in [4.78, 5) is 11.5. The molecule has 1 rings (SSSR count). The number of nitrogens with two attached hydrogens (primary N) is 1. The average molecular weight is 268 g/mol. The SMILES string of the molecule is COCCNC(=O)COc1cc(CN)cc(OC)c1. The van der Waals surface area contributed by atoms with E-state index in [1.165, 1.54) is 0 Å². The van der Waals surface area contributed by atoms with E-state index in [4.69, 9.17) is 19.9 Å². The van der Waals surface area contributed by atoms with Gasteiger partial charge in [-0.1, -0.05) is 0 Å². The smallest absolute Gasteiger partial charge is 0.258 e. The van der Waals surface area contributed by atoms with Gasteiger partial charge in [0.1, 0.15) is 11.5 Å². The third-order valence-corrected chi connectivity index (χ3v) is 2.41. The topological polar surface area (TPSA) is 82.8 Å². The minimum absolute atomic E-state index is 0.0547. The predicted molar refractivity (Wildman–Crippen MR) is 71.3 cm³/mol. The molecule has 0 spiro atoms. The Hall–Kier alpha value is -1.79. The quantitative estimate of drug-likeness (QED) is 0.662. The van der Waals surface area contributed by atoms with Crippen molar-refractivity contribution in [1.82, 2.24) is 5.32 Å². The van der Waals surface area contributed by atoms with E-state index in [1.807, 2.05) is 6.07 Å². The minimum atomic E-state index is -0.200. The molecule has 0 aliphatic heterocycles. The predicted octanol–water partition coefficient (Wildman–Crippen LogP) is 0.295. The second kappa shape index (κ2) is 8.34. The maximum atomic E-state index is 11.5. The van der Waals surface area contributed by atoms with Crippen molar-refractivity contribution in [1.29, 1.82) is 0 Å². The number of carbonyl (C=O) groups excluding carboxylic acids is 1. The number of benzene rings is 1. The molecule has 0 aliphatic carbocycles. The highest BCUT2D eigenvalue weighted by atomic mass is 16.5. The fourth-order valence-electron chi connectivity index (χ4n) is 1.44. The second-order valence-electron chi connectivity index (χ2n) is 3.85. The molecule has 19 heavy (non-hydrogen) atoms. The molecule has 3 N–H and O–H groups in total. The van der Waals surface area contributed by atoms with Gasteiger partial charge in [0.2, 0.25) is 0 Å². The largest absolute Gasteiger partial charge is 0.497 e. The second-order valence-corrected chi connectivity index (χ2v) is 3.85. The lowest BCUT2D eigenvalue weighted by molar-refractivity contribution is -0.123. The van der Waals surface area contributed by atoms with Gasteiger partial charge < -0.3 is 25.3 Å². The molecular weight excluding hydrogens is 248 g/mol. The lowest BCUT2D eigenvalue weighted by atomic mass is 10.2. The van der Waals surface area contributed by atoms with E-state index in [9.17, 15) is 4.79 Å². The van der Waals surface area contributed by atoms with Crippen LogP contribution in [0.15, 0.2) is 18.2 Å². The number of methoxy groups -OCH3 is 2. The standard InChI is InChI=1S/C13H20N2O4/c1-17-4-3-15-13(16)9-19-12-6-10(8-14)5-11(7-12)18-2/h5-7H,3-4,8-9,14H2,1-2H3,(H,15,16). The lowest BCUT2D eigenvalue weighted by Crippen LogP contribution is -2.31. The summed E-state index contributed by atoms with van der Waals surface area (Å²) in [5.41, 5.74) is 6.46. The molecule has 0 aliphatic rings. The first-order valence-corrected chi connectivity index (χ1v) is 5.96. The first-order valence-electron chi connectivity index (χ1n) is 5.96. The lowest BCUT2D eigenvalue weighted by Gasteiger charge is -2.10. The zero-order valence-corrected chi connectivity index (χ0v) is 11.3. The van der Waals surface area contributed by atoms with Crippen LogP contribution >= 0.6 is 0 Å². The van der Waals surface area contributed by atoms with Crippen LogP contribution in [0.4, 0.5) is 0 Å². The Bertz CT molecular complexity index is 387. The van der Waals surface area contributed by atoms with Crippen LogP contribution in [-0.4, -0.2) is 39.9 Å². The number of rotatable bonds is 8. The fraction of sp³-hybridized carbons (Fsp3) is 0.462. The Morgan fingerprint density at radius 3 is 2.63 bits per heavy atom. The van der Waals surface area contributed by atoms with Crippen LogP contribution in [0.3, 0.4) is 0 Å². The third kappa shape index (κ3) is 5.58. The third-order valence-electron chi connectivity index (χ3n) is 2.41. The van der Waals surface area contributed by atoms with Gasteiger partial charge in [0.25, 0.3) is 5.91 Å². The van der Waals surface area contributed by atoms with E-state index in [1.54, 1.807) is 26.4 Å². The van der Waals surface area contributed by atoms with E-state index in [0.29, 0.717) is 31.2 Å². The highest BCUT2D eigenvalue weighted by Crippen LogP contribution is 2.22. The van der Waals surface area contributed by atoms with Gasteiger partial charge in [-0.05, 0) is 17.7 Å². The first kappa shape index (κ1) is 15.3. The molecule has 106 valence electrons. The Labute approximate surface area is 112 Å². The summed E-state index contributed by atoms with van der Waals surface area (Å²) >= 11 is 0. The highest BCUT2D eigenvalue weighted by Gasteiger charge is 2.05. The van der Waals surface area contributed by atoms with Gasteiger partial charge in [-0.2, -0.15) is 0 Å². The van der Waals surface area contributed by atoms with Crippen molar-refractivity contribution in [2.24, 2.45) is 5.73 Å². The highest BCUT2D eigenvalue weighted by molar-refractivity contribution is 5.77. The number of nitrogens with one attached hydrogen (secondary N) is 1. The fourth-order valence-corrected chi connectivity index (χ4v) is 1.44. The van der Waals surface area contributed by atoms with Crippen molar-refractivity contribution in [3.05, 3.63) is 23.8 Å². The summed E-state index contributed by atoms with van der Waals surface area (Å²) in [7, 11) is 3.14. The van der Waals surface area contributed by atoms with Gasteiger partial charge >= 0.3 is 0 Å². The summed E-state index contributed by atoms with van der Waals surface area (Å²) in [6.45, 7) is 1.27. The van der Waals surface area contributed by atoms with Crippen molar-refractivity contribution in [3.63, 3.8) is 0 Å². The van der Waals surface area contributed by atoms with E-state index >= 15 is 0 Å². The zero-order chi connectivity index (χ0) is 14.1. The monoisotopic (exact) mass is 268 g/mol. The summed E-state index contributed by atoms with van der Waals surface area (Å²) in [5, 5.41) is 2.67. The number of hydrogen-bond acceptors (Lipinski definition) is 5. The number of amides is 1. The van der Waals surface area contributed by atoms with Gasteiger partial charge in [0.15, 0.2) is 6.61 Å². The van der Waals surface area contributed by atoms with Gasteiger partial charge in [-0.3, -0.25) is 4.79 Å². The molecule has 0 saturated heterocycles. The molecule has 0 radical (unpaired) electrons.